The molecule has 3 rings (SSSR count). The zero-order chi connectivity index (χ0) is 21.9. The number of halogens is 4. The summed E-state index contributed by atoms with van der Waals surface area (Å²) >= 11 is 5.96. The van der Waals surface area contributed by atoms with Crippen LogP contribution in [-0.2, 0) is 18.0 Å². The van der Waals surface area contributed by atoms with Crippen molar-refractivity contribution < 1.29 is 22.7 Å². The molecule has 0 unspecified atom stereocenters. The number of aryl methyl sites for hydroxylation is 1. The number of ether oxygens (including phenoxy) is 1. The fourth-order valence-electron chi connectivity index (χ4n) is 2.93. The Bertz CT molecular complexity index is 1060. The Hall–Kier alpha value is -2.99. The lowest BCUT2D eigenvalue weighted by Crippen LogP contribution is -2.41. The number of aromatic nitrogens is 2. The first-order valence-corrected chi connectivity index (χ1v) is 9.39. The molecule has 1 aromatic heterocycles. The SMILES string of the molecule is Cn1nccc(C#CC(=O)N2CCC(Oc3cc(C(F)(F)F)ccc3Cl)CC2)c1=O. The number of likely N-dealkylation sites (tertiary alicyclic amines) is 1. The van der Waals surface area contributed by atoms with E-state index in [-0.39, 0.29) is 22.4 Å². The number of hydrogen-bond acceptors (Lipinski definition) is 4. The fraction of sp³-hybridized carbons (Fsp3) is 0.350. The van der Waals surface area contributed by atoms with Gasteiger partial charge in [-0.3, -0.25) is 9.59 Å². The molecule has 1 aromatic carbocycles. The quantitative estimate of drug-likeness (QED) is 0.675. The Balaban J connectivity index is 1.60. The molecule has 0 radical (unpaired) electrons. The summed E-state index contributed by atoms with van der Waals surface area (Å²) in [5.74, 6) is 4.53. The van der Waals surface area contributed by atoms with Crippen LogP contribution in [0.5, 0.6) is 5.75 Å². The van der Waals surface area contributed by atoms with E-state index in [2.05, 4.69) is 16.9 Å². The topological polar surface area (TPSA) is 64.4 Å². The summed E-state index contributed by atoms with van der Waals surface area (Å²) in [5.41, 5.74) is -1.08. The number of alkyl halides is 3. The van der Waals surface area contributed by atoms with Gasteiger partial charge in [0.1, 0.15) is 11.9 Å². The molecular weight excluding hydrogens is 423 g/mol. The third-order valence-electron chi connectivity index (χ3n) is 4.59. The first kappa shape index (κ1) is 21.7. The predicted octanol–water partition coefficient (Wildman–Crippen LogP) is 2.87. The number of amides is 1. The third-order valence-corrected chi connectivity index (χ3v) is 4.90. The van der Waals surface area contributed by atoms with Crippen molar-refractivity contribution >= 4 is 17.5 Å². The highest BCUT2D eigenvalue weighted by atomic mass is 35.5. The maximum Gasteiger partial charge on any atom is 0.416 e. The van der Waals surface area contributed by atoms with Gasteiger partial charge in [-0.15, -0.1) is 0 Å². The predicted molar refractivity (Wildman–Crippen MR) is 103 cm³/mol. The molecule has 0 atom stereocenters. The number of hydrogen-bond donors (Lipinski definition) is 0. The van der Waals surface area contributed by atoms with Crippen LogP contribution in [0.3, 0.4) is 0 Å². The fourth-order valence-corrected chi connectivity index (χ4v) is 3.09. The third kappa shape index (κ3) is 5.13. The molecule has 2 aromatic rings. The van der Waals surface area contributed by atoms with Crippen molar-refractivity contribution in [2.45, 2.75) is 25.1 Å². The molecule has 1 amide bonds. The summed E-state index contributed by atoms with van der Waals surface area (Å²) in [5, 5.41) is 3.87. The maximum atomic E-state index is 12.9. The van der Waals surface area contributed by atoms with Crippen LogP contribution in [0.4, 0.5) is 13.2 Å². The van der Waals surface area contributed by atoms with Crippen LogP contribution >= 0.6 is 11.6 Å². The molecule has 0 bridgehead atoms. The standard InChI is InChI=1S/C20H17ClF3N3O3/c1-26-19(29)13(6-9-25-26)2-5-18(28)27-10-7-15(8-11-27)30-17-12-14(20(22,23)24)3-4-16(17)21/h3-4,6,9,12,15H,7-8,10-11H2,1H3. The lowest BCUT2D eigenvalue weighted by molar-refractivity contribution is -0.137. The van der Waals surface area contributed by atoms with Gasteiger partial charge >= 0.3 is 6.18 Å². The van der Waals surface area contributed by atoms with Gasteiger partial charge in [-0.1, -0.05) is 17.5 Å². The minimum atomic E-state index is -4.49. The Morgan fingerprint density at radius 3 is 2.63 bits per heavy atom. The molecule has 6 nitrogen and oxygen atoms in total. The zero-order valence-corrected chi connectivity index (χ0v) is 16.6. The summed E-state index contributed by atoms with van der Waals surface area (Å²) in [7, 11) is 1.48. The van der Waals surface area contributed by atoms with Gasteiger partial charge in [-0.2, -0.15) is 18.3 Å². The van der Waals surface area contributed by atoms with Crippen molar-refractivity contribution in [1.29, 1.82) is 0 Å². The van der Waals surface area contributed by atoms with Crippen molar-refractivity contribution in [3.05, 3.63) is 57.0 Å². The van der Waals surface area contributed by atoms with Gasteiger partial charge in [0.25, 0.3) is 11.5 Å². The van der Waals surface area contributed by atoms with E-state index in [1.54, 1.807) is 0 Å². The molecule has 1 aliphatic heterocycles. The molecule has 1 fully saturated rings. The lowest BCUT2D eigenvalue weighted by atomic mass is 10.1. The Labute approximate surface area is 175 Å². The van der Waals surface area contributed by atoms with Crippen LogP contribution in [-0.4, -0.2) is 39.8 Å². The van der Waals surface area contributed by atoms with Crippen molar-refractivity contribution in [1.82, 2.24) is 14.7 Å². The van der Waals surface area contributed by atoms with E-state index in [0.29, 0.717) is 25.9 Å². The van der Waals surface area contributed by atoms with Crippen LogP contribution in [0.15, 0.2) is 35.3 Å². The second kappa shape index (κ2) is 8.79. The normalized spacial score (nSPS) is 14.8. The highest BCUT2D eigenvalue weighted by Gasteiger charge is 2.32. The van der Waals surface area contributed by atoms with E-state index in [1.807, 2.05) is 0 Å². The monoisotopic (exact) mass is 439 g/mol. The van der Waals surface area contributed by atoms with Gasteiger partial charge in [0, 0.05) is 45.1 Å². The molecule has 10 heteroatoms. The molecule has 2 heterocycles. The second-order valence-corrected chi connectivity index (χ2v) is 7.08. The average molecular weight is 440 g/mol. The number of carbonyl (C=O) groups is 1. The largest absolute Gasteiger partial charge is 0.489 e. The number of nitrogens with zero attached hydrogens (tertiary/aromatic N) is 3. The molecule has 0 saturated carbocycles. The Morgan fingerprint density at radius 1 is 1.27 bits per heavy atom. The molecule has 0 aliphatic carbocycles. The van der Waals surface area contributed by atoms with Gasteiger partial charge in [-0.25, -0.2) is 4.68 Å². The Morgan fingerprint density at radius 2 is 1.97 bits per heavy atom. The van der Waals surface area contributed by atoms with Crippen LogP contribution in [0.1, 0.15) is 24.0 Å². The van der Waals surface area contributed by atoms with E-state index < -0.39 is 23.2 Å². The van der Waals surface area contributed by atoms with Gasteiger partial charge < -0.3 is 9.64 Å². The summed E-state index contributed by atoms with van der Waals surface area (Å²) in [4.78, 5) is 25.7. The van der Waals surface area contributed by atoms with E-state index in [0.717, 1.165) is 22.9 Å². The van der Waals surface area contributed by atoms with Crippen LogP contribution < -0.4 is 10.3 Å². The number of rotatable bonds is 2. The van der Waals surface area contributed by atoms with Crippen molar-refractivity contribution in [2.75, 3.05) is 13.1 Å². The second-order valence-electron chi connectivity index (χ2n) is 6.68. The van der Waals surface area contributed by atoms with Crippen LogP contribution in [0, 0.1) is 11.8 Å². The van der Waals surface area contributed by atoms with Gasteiger partial charge in [0.2, 0.25) is 0 Å². The van der Waals surface area contributed by atoms with E-state index in [1.165, 1.54) is 24.2 Å². The van der Waals surface area contributed by atoms with Crippen molar-refractivity contribution in [3.8, 4) is 17.6 Å². The molecule has 0 spiro atoms. The lowest BCUT2D eigenvalue weighted by Gasteiger charge is -2.31. The van der Waals surface area contributed by atoms with Gasteiger partial charge in [0.05, 0.1) is 16.1 Å². The summed E-state index contributed by atoms with van der Waals surface area (Å²) in [6.07, 6.45) is -2.63. The first-order valence-electron chi connectivity index (χ1n) is 9.02. The first-order chi connectivity index (χ1) is 14.1. The van der Waals surface area contributed by atoms with Crippen molar-refractivity contribution in [2.24, 2.45) is 7.05 Å². The van der Waals surface area contributed by atoms with Gasteiger partial charge in [0.15, 0.2) is 0 Å². The zero-order valence-electron chi connectivity index (χ0n) is 15.9. The van der Waals surface area contributed by atoms with Crippen LogP contribution in [0.2, 0.25) is 5.02 Å². The minimum Gasteiger partial charge on any atom is -0.489 e. The number of piperidine rings is 1. The summed E-state index contributed by atoms with van der Waals surface area (Å²) in [6, 6.07) is 4.35. The number of carbonyl (C=O) groups excluding carboxylic acids is 1. The maximum absolute atomic E-state index is 12.9. The Kier molecular flexibility index (Phi) is 6.37. The number of benzene rings is 1. The summed E-state index contributed by atoms with van der Waals surface area (Å²) in [6.45, 7) is 0.645. The molecule has 1 saturated heterocycles. The van der Waals surface area contributed by atoms with E-state index in [4.69, 9.17) is 16.3 Å². The van der Waals surface area contributed by atoms with E-state index in [9.17, 15) is 22.8 Å². The highest BCUT2D eigenvalue weighted by molar-refractivity contribution is 6.32. The van der Waals surface area contributed by atoms with Gasteiger partial charge in [-0.05, 0) is 24.3 Å². The smallest absolute Gasteiger partial charge is 0.416 e. The highest BCUT2D eigenvalue weighted by Crippen LogP contribution is 2.35. The molecule has 30 heavy (non-hydrogen) atoms. The molecule has 158 valence electrons. The molecule has 1 aliphatic rings. The summed E-state index contributed by atoms with van der Waals surface area (Å²) < 4.78 is 45.4. The van der Waals surface area contributed by atoms with E-state index >= 15 is 0 Å². The van der Waals surface area contributed by atoms with Crippen LogP contribution in [0.25, 0.3) is 0 Å². The van der Waals surface area contributed by atoms with Crippen molar-refractivity contribution in [3.63, 3.8) is 0 Å². The molecule has 0 N–H and O–H groups in total. The minimum absolute atomic E-state index is 0.0374. The average Bonchev–Trinajstić information content (AvgIpc) is 2.70. The molecular formula is C20H17ClF3N3O3.